The Morgan fingerprint density at radius 2 is 1.40 bits per heavy atom. The van der Waals surface area contributed by atoms with Crippen molar-refractivity contribution in [2.75, 3.05) is 14.2 Å². The van der Waals surface area contributed by atoms with Crippen LogP contribution in [0.2, 0.25) is 0 Å². The van der Waals surface area contributed by atoms with Crippen LogP contribution in [-0.2, 0) is 46.4 Å². The summed E-state index contributed by atoms with van der Waals surface area (Å²) in [4.78, 5) is 12.6. The summed E-state index contributed by atoms with van der Waals surface area (Å²) in [5, 5.41) is 8.04. The third-order valence-electron chi connectivity index (χ3n) is 5.26. The van der Waals surface area contributed by atoms with Crippen LogP contribution < -0.4 is 0 Å². The normalized spacial score (nSPS) is 24.5. The number of carbonyl (C=O) groups excluding carboxylic acids is 1. The summed E-state index contributed by atoms with van der Waals surface area (Å²) in [6, 6.07) is 18.8. The highest BCUT2D eigenvalue weighted by Gasteiger charge is 2.53. The van der Waals surface area contributed by atoms with Crippen molar-refractivity contribution in [3.63, 3.8) is 0 Å². The molecule has 8 nitrogen and oxygen atoms in total. The molecule has 0 spiro atoms. The van der Waals surface area contributed by atoms with Crippen molar-refractivity contribution >= 4 is 46.7 Å². The van der Waals surface area contributed by atoms with Gasteiger partial charge in [0.15, 0.2) is 6.10 Å². The number of esters is 1. The van der Waals surface area contributed by atoms with Gasteiger partial charge >= 0.3 is 5.97 Å². The molecule has 35 heavy (non-hydrogen) atoms. The van der Waals surface area contributed by atoms with Crippen LogP contribution in [0.25, 0.3) is 0 Å². The van der Waals surface area contributed by atoms with E-state index in [1.807, 2.05) is 60.7 Å². The Hall–Kier alpha value is -1.91. The highest BCUT2D eigenvalue weighted by molar-refractivity contribution is 6.76. The number of benzene rings is 2. The van der Waals surface area contributed by atoms with Crippen molar-refractivity contribution in [3.05, 3.63) is 71.8 Å². The molecule has 190 valence electrons. The second-order valence-corrected chi connectivity index (χ2v) is 9.90. The average molecular weight is 547 g/mol. The van der Waals surface area contributed by atoms with Crippen molar-refractivity contribution in [3.8, 4) is 0 Å². The molecule has 2 aromatic rings. The molecular formula is C24H26Cl3NO7. The predicted molar refractivity (Wildman–Crippen MR) is 131 cm³/mol. The fraction of sp³-hybridized carbons (Fsp3) is 0.417. The number of hydrogen-bond acceptors (Lipinski definition) is 8. The predicted octanol–water partition coefficient (Wildman–Crippen LogP) is 4.43. The zero-order chi connectivity index (χ0) is 25.4. The maximum Gasteiger partial charge on any atom is 0.338 e. The SMILES string of the molecule is COC(=O)[C@H]1O[C@@H](OC(=N)C(Cl)(Cl)Cl)[C@H](OCc2ccccc2)[C@@H](OCc2ccccc2)[C@H]1OC. The van der Waals surface area contributed by atoms with Crippen molar-refractivity contribution in [2.24, 2.45) is 0 Å². The number of nitrogens with one attached hydrogen (secondary N) is 1. The first-order valence-electron chi connectivity index (χ1n) is 10.6. The van der Waals surface area contributed by atoms with E-state index in [2.05, 4.69) is 0 Å². The van der Waals surface area contributed by atoms with Crippen LogP contribution in [-0.4, -0.2) is 60.6 Å². The quantitative estimate of drug-likeness (QED) is 0.215. The van der Waals surface area contributed by atoms with Crippen molar-refractivity contribution < 1.29 is 33.2 Å². The molecule has 0 amide bonds. The summed E-state index contributed by atoms with van der Waals surface area (Å²) in [5.41, 5.74) is 1.75. The molecular weight excluding hydrogens is 521 g/mol. The summed E-state index contributed by atoms with van der Waals surface area (Å²) in [7, 11) is 2.64. The number of methoxy groups -OCH3 is 2. The number of halogens is 3. The minimum absolute atomic E-state index is 0.153. The average Bonchev–Trinajstić information content (AvgIpc) is 2.86. The molecule has 3 rings (SSSR count). The van der Waals surface area contributed by atoms with Gasteiger partial charge in [-0.05, 0) is 11.1 Å². The maximum absolute atomic E-state index is 12.6. The topological polar surface area (TPSA) is 96.3 Å². The molecule has 1 aliphatic rings. The lowest BCUT2D eigenvalue weighted by molar-refractivity contribution is -0.300. The minimum Gasteiger partial charge on any atom is -0.467 e. The van der Waals surface area contributed by atoms with E-state index in [-0.39, 0.29) is 13.2 Å². The van der Waals surface area contributed by atoms with E-state index in [1.54, 1.807) is 0 Å². The summed E-state index contributed by atoms with van der Waals surface area (Å²) in [6.45, 7) is 0.333. The van der Waals surface area contributed by atoms with E-state index in [9.17, 15) is 4.79 Å². The molecule has 2 aromatic carbocycles. The largest absolute Gasteiger partial charge is 0.467 e. The van der Waals surface area contributed by atoms with Gasteiger partial charge in [0.2, 0.25) is 12.2 Å². The Labute approximate surface area is 218 Å². The number of alkyl halides is 3. The summed E-state index contributed by atoms with van der Waals surface area (Å²) in [5.74, 6) is -1.43. The van der Waals surface area contributed by atoms with E-state index in [1.165, 1.54) is 14.2 Å². The first kappa shape index (κ1) is 27.7. The Morgan fingerprint density at radius 3 is 1.86 bits per heavy atom. The lowest BCUT2D eigenvalue weighted by Crippen LogP contribution is -2.63. The maximum atomic E-state index is 12.6. The third-order valence-corrected chi connectivity index (χ3v) is 5.78. The minimum atomic E-state index is -2.16. The van der Waals surface area contributed by atoms with Crippen molar-refractivity contribution in [1.29, 1.82) is 5.41 Å². The number of hydrogen-bond donors (Lipinski definition) is 1. The molecule has 1 fully saturated rings. The Kier molecular flexibility index (Phi) is 10.2. The first-order chi connectivity index (χ1) is 16.7. The van der Waals surface area contributed by atoms with Gasteiger partial charge in [0, 0.05) is 7.11 Å². The Morgan fingerprint density at radius 1 is 0.886 bits per heavy atom. The molecule has 0 unspecified atom stereocenters. The number of ether oxygens (including phenoxy) is 6. The monoisotopic (exact) mass is 545 g/mol. The van der Waals surface area contributed by atoms with Crippen LogP contribution in [0.5, 0.6) is 0 Å². The molecule has 5 atom stereocenters. The van der Waals surface area contributed by atoms with Gasteiger partial charge in [-0.1, -0.05) is 95.5 Å². The van der Waals surface area contributed by atoms with Gasteiger partial charge in [0.25, 0.3) is 3.79 Å². The molecule has 0 aromatic heterocycles. The van der Waals surface area contributed by atoms with Gasteiger partial charge < -0.3 is 28.4 Å². The van der Waals surface area contributed by atoms with E-state index < -0.39 is 46.4 Å². The van der Waals surface area contributed by atoms with E-state index in [0.29, 0.717) is 0 Å². The smallest absolute Gasteiger partial charge is 0.338 e. The van der Waals surface area contributed by atoms with Gasteiger partial charge in [0.1, 0.15) is 18.3 Å². The second-order valence-electron chi connectivity index (χ2n) is 7.62. The molecule has 1 N–H and O–H groups in total. The van der Waals surface area contributed by atoms with Gasteiger partial charge in [-0.15, -0.1) is 0 Å². The Bertz CT molecular complexity index is 959. The van der Waals surface area contributed by atoms with Crippen LogP contribution in [0.4, 0.5) is 0 Å². The van der Waals surface area contributed by atoms with Crippen LogP contribution in [0.3, 0.4) is 0 Å². The van der Waals surface area contributed by atoms with E-state index in [0.717, 1.165) is 11.1 Å². The fourth-order valence-corrected chi connectivity index (χ4v) is 3.68. The Balaban J connectivity index is 1.93. The third kappa shape index (κ3) is 7.54. The molecule has 0 saturated carbocycles. The van der Waals surface area contributed by atoms with Crippen LogP contribution in [0.15, 0.2) is 60.7 Å². The molecule has 11 heteroatoms. The first-order valence-corrected chi connectivity index (χ1v) is 11.8. The van der Waals surface area contributed by atoms with Crippen LogP contribution in [0, 0.1) is 5.41 Å². The van der Waals surface area contributed by atoms with Crippen LogP contribution in [0.1, 0.15) is 11.1 Å². The summed E-state index contributed by atoms with van der Waals surface area (Å²) >= 11 is 17.5. The molecule has 0 aliphatic carbocycles. The van der Waals surface area contributed by atoms with Gasteiger partial charge in [0.05, 0.1) is 20.3 Å². The standard InChI is InChI=1S/C24H26Cl3NO7/c1-30-17-18(32-13-15-9-5-3-6-10-15)20(33-14-16-11-7-4-8-12-16)22(34-19(17)21(29)31-2)35-23(28)24(25,26)27/h3-12,17-20,22,28H,13-14H2,1-2H3/t17-,18+,19+,20-,22+/m1/s1. The fourth-order valence-electron chi connectivity index (χ4n) is 3.55. The van der Waals surface area contributed by atoms with Gasteiger partial charge in [-0.3, -0.25) is 5.41 Å². The molecule has 1 saturated heterocycles. The number of rotatable bonds is 9. The zero-order valence-corrected chi connectivity index (χ0v) is 21.3. The van der Waals surface area contributed by atoms with E-state index >= 15 is 0 Å². The van der Waals surface area contributed by atoms with Crippen molar-refractivity contribution in [1.82, 2.24) is 0 Å². The molecule has 1 aliphatic heterocycles. The summed E-state index contributed by atoms with van der Waals surface area (Å²) in [6.07, 6.45) is -5.38. The summed E-state index contributed by atoms with van der Waals surface area (Å²) < 4.78 is 32.1. The zero-order valence-electron chi connectivity index (χ0n) is 19.1. The number of carbonyl (C=O) groups is 1. The second kappa shape index (κ2) is 12.9. The van der Waals surface area contributed by atoms with Crippen molar-refractivity contribution in [2.45, 2.75) is 47.7 Å². The van der Waals surface area contributed by atoms with E-state index in [4.69, 9.17) is 68.6 Å². The molecule has 0 bridgehead atoms. The highest BCUT2D eigenvalue weighted by Crippen LogP contribution is 2.34. The highest BCUT2D eigenvalue weighted by atomic mass is 35.6. The van der Waals surface area contributed by atoms with Gasteiger partial charge in [-0.25, -0.2) is 4.79 Å². The molecule has 0 radical (unpaired) electrons. The lowest BCUT2D eigenvalue weighted by atomic mass is 9.97. The van der Waals surface area contributed by atoms with Gasteiger partial charge in [-0.2, -0.15) is 0 Å². The van der Waals surface area contributed by atoms with Crippen LogP contribution >= 0.6 is 34.8 Å². The molecule has 1 heterocycles. The lowest BCUT2D eigenvalue weighted by Gasteiger charge is -2.44.